The number of hydrogen-bond acceptors (Lipinski definition) is 4. The van der Waals surface area contributed by atoms with E-state index in [1.54, 1.807) is 26.4 Å². The van der Waals surface area contributed by atoms with Crippen LogP contribution in [0.1, 0.15) is 11.1 Å². The average molecular weight is 268 g/mol. The Morgan fingerprint density at radius 3 is 2.60 bits per heavy atom. The van der Waals surface area contributed by atoms with Crippen LogP contribution in [-0.4, -0.2) is 14.2 Å². The van der Waals surface area contributed by atoms with Crippen molar-refractivity contribution in [3.05, 3.63) is 53.6 Å². The van der Waals surface area contributed by atoms with E-state index in [1.165, 1.54) is 0 Å². The van der Waals surface area contributed by atoms with Gasteiger partial charge in [-0.2, -0.15) is 5.26 Å². The second-order valence-corrected chi connectivity index (χ2v) is 4.24. The number of ether oxygens (including phenoxy) is 2. The van der Waals surface area contributed by atoms with Crippen molar-refractivity contribution >= 4 is 11.4 Å². The van der Waals surface area contributed by atoms with E-state index in [1.807, 2.05) is 30.3 Å². The number of nitrogens with one attached hydrogen (secondary N) is 1. The van der Waals surface area contributed by atoms with Crippen LogP contribution in [0.15, 0.2) is 42.5 Å². The zero-order valence-electron chi connectivity index (χ0n) is 11.5. The topological polar surface area (TPSA) is 54.3 Å². The Balaban J connectivity index is 2.36. The van der Waals surface area contributed by atoms with Gasteiger partial charge in [-0.1, -0.05) is 18.2 Å². The highest BCUT2D eigenvalue weighted by atomic mass is 16.5. The van der Waals surface area contributed by atoms with E-state index in [4.69, 9.17) is 9.47 Å². The molecule has 0 spiro atoms. The van der Waals surface area contributed by atoms with Gasteiger partial charge in [-0.05, 0) is 18.2 Å². The largest absolute Gasteiger partial charge is 0.497 e. The first-order valence-corrected chi connectivity index (χ1v) is 6.20. The second-order valence-electron chi connectivity index (χ2n) is 4.24. The molecule has 2 aromatic rings. The fraction of sp³-hybridized carbons (Fsp3) is 0.188. The van der Waals surface area contributed by atoms with Crippen molar-refractivity contribution in [3.8, 4) is 11.8 Å². The number of nitrogens with zero attached hydrogens (tertiary/aromatic N) is 1. The van der Waals surface area contributed by atoms with Crippen LogP contribution in [0.4, 0.5) is 11.4 Å². The van der Waals surface area contributed by atoms with E-state index in [2.05, 4.69) is 11.4 Å². The predicted octanol–water partition coefficient (Wildman–Crippen LogP) is 3.46. The molecule has 0 fully saturated rings. The summed E-state index contributed by atoms with van der Waals surface area (Å²) < 4.78 is 10.4. The summed E-state index contributed by atoms with van der Waals surface area (Å²) in [5.74, 6) is 0.704. The zero-order valence-corrected chi connectivity index (χ0v) is 11.5. The van der Waals surface area contributed by atoms with Gasteiger partial charge in [0.05, 0.1) is 25.0 Å². The van der Waals surface area contributed by atoms with Crippen molar-refractivity contribution in [2.24, 2.45) is 0 Å². The zero-order chi connectivity index (χ0) is 14.4. The number of methoxy groups -OCH3 is 2. The van der Waals surface area contributed by atoms with Gasteiger partial charge in [0.1, 0.15) is 11.8 Å². The van der Waals surface area contributed by atoms with Crippen molar-refractivity contribution < 1.29 is 9.47 Å². The summed E-state index contributed by atoms with van der Waals surface area (Å²) in [5.41, 5.74) is 3.23. The van der Waals surface area contributed by atoms with E-state index in [0.29, 0.717) is 17.9 Å². The van der Waals surface area contributed by atoms with Crippen molar-refractivity contribution in [2.45, 2.75) is 6.61 Å². The molecule has 0 aliphatic heterocycles. The van der Waals surface area contributed by atoms with Crippen LogP contribution in [0.25, 0.3) is 0 Å². The number of hydrogen-bond donors (Lipinski definition) is 1. The minimum Gasteiger partial charge on any atom is -0.497 e. The van der Waals surface area contributed by atoms with Crippen molar-refractivity contribution in [3.63, 3.8) is 0 Å². The lowest BCUT2D eigenvalue weighted by Gasteiger charge is -2.13. The lowest BCUT2D eigenvalue weighted by molar-refractivity contribution is 0.185. The number of anilines is 2. The minimum atomic E-state index is 0.509. The van der Waals surface area contributed by atoms with Gasteiger partial charge in [0, 0.05) is 24.4 Å². The molecular formula is C16H16N2O2. The molecule has 0 aromatic heterocycles. The SMILES string of the molecule is COCc1ccccc1Nc1cc(OC)ccc1C#N. The molecule has 102 valence electrons. The summed E-state index contributed by atoms with van der Waals surface area (Å²) in [6.45, 7) is 0.509. The van der Waals surface area contributed by atoms with Crippen molar-refractivity contribution in [2.75, 3.05) is 19.5 Å². The molecule has 0 unspecified atom stereocenters. The summed E-state index contributed by atoms with van der Waals surface area (Å²) in [7, 11) is 3.26. The summed E-state index contributed by atoms with van der Waals surface area (Å²) in [6.07, 6.45) is 0. The first-order valence-electron chi connectivity index (χ1n) is 6.20. The smallest absolute Gasteiger partial charge is 0.121 e. The second kappa shape index (κ2) is 6.60. The lowest BCUT2D eigenvalue weighted by atomic mass is 10.1. The van der Waals surface area contributed by atoms with Crippen molar-refractivity contribution in [1.82, 2.24) is 0 Å². The van der Waals surface area contributed by atoms with Gasteiger partial charge in [-0.3, -0.25) is 0 Å². The van der Waals surface area contributed by atoms with E-state index in [0.717, 1.165) is 16.9 Å². The molecule has 0 heterocycles. The molecule has 0 saturated heterocycles. The molecule has 0 bridgehead atoms. The fourth-order valence-corrected chi connectivity index (χ4v) is 1.92. The van der Waals surface area contributed by atoms with E-state index >= 15 is 0 Å². The van der Waals surface area contributed by atoms with Gasteiger partial charge in [-0.15, -0.1) is 0 Å². The summed E-state index contributed by atoms with van der Waals surface area (Å²) in [5, 5.41) is 12.4. The molecule has 0 atom stereocenters. The quantitative estimate of drug-likeness (QED) is 0.902. The highest BCUT2D eigenvalue weighted by Gasteiger charge is 2.07. The van der Waals surface area contributed by atoms with E-state index in [-0.39, 0.29) is 0 Å². The van der Waals surface area contributed by atoms with Gasteiger partial charge >= 0.3 is 0 Å². The van der Waals surface area contributed by atoms with Gasteiger partial charge in [0.2, 0.25) is 0 Å². The molecular weight excluding hydrogens is 252 g/mol. The Kier molecular flexibility index (Phi) is 4.59. The average Bonchev–Trinajstić information content (AvgIpc) is 2.49. The molecule has 2 rings (SSSR count). The third-order valence-electron chi connectivity index (χ3n) is 2.93. The molecule has 0 aliphatic carbocycles. The van der Waals surface area contributed by atoms with E-state index in [9.17, 15) is 5.26 Å². The number of nitriles is 1. The maximum atomic E-state index is 9.18. The Hall–Kier alpha value is -2.51. The highest BCUT2D eigenvalue weighted by Crippen LogP contribution is 2.27. The molecule has 0 aliphatic rings. The Morgan fingerprint density at radius 2 is 1.90 bits per heavy atom. The van der Waals surface area contributed by atoms with Crippen LogP contribution < -0.4 is 10.1 Å². The summed E-state index contributed by atoms with van der Waals surface area (Å²) >= 11 is 0. The fourth-order valence-electron chi connectivity index (χ4n) is 1.92. The minimum absolute atomic E-state index is 0.509. The number of benzene rings is 2. The number of para-hydroxylation sites is 1. The van der Waals surface area contributed by atoms with Crippen LogP contribution in [0, 0.1) is 11.3 Å². The summed E-state index contributed by atoms with van der Waals surface area (Å²) in [4.78, 5) is 0. The molecule has 0 saturated carbocycles. The molecule has 2 aromatic carbocycles. The summed E-state index contributed by atoms with van der Waals surface area (Å²) in [6, 6.07) is 15.3. The normalized spacial score (nSPS) is 9.85. The van der Waals surface area contributed by atoms with Gasteiger partial charge in [0.25, 0.3) is 0 Å². The standard InChI is InChI=1S/C16H16N2O2/c1-19-11-13-5-3-4-6-15(13)18-16-9-14(20-2)8-7-12(16)10-17/h3-9,18H,11H2,1-2H3. The molecule has 4 heteroatoms. The lowest BCUT2D eigenvalue weighted by Crippen LogP contribution is -1.99. The van der Waals surface area contributed by atoms with Crippen LogP contribution in [-0.2, 0) is 11.3 Å². The monoisotopic (exact) mass is 268 g/mol. The van der Waals surface area contributed by atoms with Crippen LogP contribution in [0.3, 0.4) is 0 Å². The van der Waals surface area contributed by atoms with Gasteiger partial charge < -0.3 is 14.8 Å². The van der Waals surface area contributed by atoms with Crippen LogP contribution in [0.2, 0.25) is 0 Å². The Bertz CT molecular complexity index is 633. The van der Waals surface area contributed by atoms with Crippen LogP contribution in [0.5, 0.6) is 5.75 Å². The predicted molar refractivity (Wildman–Crippen MR) is 78.1 cm³/mol. The highest BCUT2D eigenvalue weighted by molar-refractivity contribution is 5.70. The van der Waals surface area contributed by atoms with Crippen LogP contribution >= 0.6 is 0 Å². The van der Waals surface area contributed by atoms with Gasteiger partial charge in [0.15, 0.2) is 0 Å². The Morgan fingerprint density at radius 1 is 1.10 bits per heavy atom. The molecule has 4 nitrogen and oxygen atoms in total. The van der Waals surface area contributed by atoms with Crippen molar-refractivity contribution in [1.29, 1.82) is 5.26 Å². The maximum absolute atomic E-state index is 9.18. The van der Waals surface area contributed by atoms with Gasteiger partial charge in [-0.25, -0.2) is 0 Å². The van der Waals surface area contributed by atoms with E-state index < -0.39 is 0 Å². The molecule has 20 heavy (non-hydrogen) atoms. The third kappa shape index (κ3) is 3.08. The number of rotatable bonds is 5. The molecule has 0 amide bonds. The Labute approximate surface area is 118 Å². The third-order valence-corrected chi connectivity index (χ3v) is 2.93. The molecule has 0 radical (unpaired) electrons. The first-order chi connectivity index (χ1) is 9.78. The molecule has 1 N–H and O–H groups in total. The maximum Gasteiger partial charge on any atom is 0.121 e. The first kappa shape index (κ1) is 13.9.